The number of anilines is 1. The van der Waals surface area contributed by atoms with Crippen molar-refractivity contribution in [3.63, 3.8) is 0 Å². The number of nitrogen functional groups attached to an aromatic ring is 1. The van der Waals surface area contributed by atoms with Gasteiger partial charge in [-0.05, 0) is 42.5 Å². The molecule has 7 heteroatoms. The Hall–Kier alpha value is -3.48. The summed E-state index contributed by atoms with van der Waals surface area (Å²) in [5, 5.41) is 15.2. The van der Waals surface area contributed by atoms with Crippen LogP contribution in [0.4, 0.5) is 10.2 Å². The molecular formula is C21H18FN5O. The predicted octanol–water partition coefficient (Wildman–Crippen LogP) is 3.85. The summed E-state index contributed by atoms with van der Waals surface area (Å²) in [4.78, 5) is 8.53. The van der Waals surface area contributed by atoms with E-state index in [0.717, 1.165) is 25.3 Å². The van der Waals surface area contributed by atoms with Crippen molar-refractivity contribution in [3.8, 4) is 17.0 Å². The summed E-state index contributed by atoms with van der Waals surface area (Å²) in [6.07, 6.45) is 4.41. The van der Waals surface area contributed by atoms with Gasteiger partial charge in [-0.2, -0.15) is 5.10 Å². The molecule has 1 atom stereocenters. The van der Waals surface area contributed by atoms with E-state index >= 15 is 0 Å². The Labute approximate surface area is 160 Å². The summed E-state index contributed by atoms with van der Waals surface area (Å²) in [7, 11) is 0. The molecule has 0 spiro atoms. The highest BCUT2D eigenvalue weighted by atomic mass is 19.1. The third-order valence-electron chi connectivity index (χ3n) is 5.31. The lowest BCUT2D eigenvalue weighted by molar-refractivity contribution is 0.460. The molecule has 0 saturated heterocycles. The van der Waals surface area contributed by atoms with Crippen molar-refractivity contribution < 1.29 is 9.50 Å². The minimum absolute atomic E-state index is 0.0117. The predicted molar refractivity (Wildman–Crippen MR) is 104 cm³/mol. The number of hydrogen-bond acceptors (Lipinski definition) is 5. The van der Waals surface area contributed by atoms with E-state index in [-0.39, 0.29) is 17.6 Å². The molecule has 0 radical (unpaired) electrons. The van der Waals surface area contributed by atoms with Crippen molar-refractivity contribution >= 4 is 16.9 Å². The number of halogens is 1. The molecular weight excluding hydrogens is 357 g/mol. The summed E-state index contributed by atoms with van der Waals surface area (Å²) in [6, 6.07) is 12.2. The molecule has 2 heterocycles. The number of nitrogens with two attached hydrogens (primary N) is 1. The first kappa shape index (κ1) is 16.7. The van der Waals surface area contributed by atoms with E-state index in [9.17, 15) is 9.50 Å². The van der Waals surface area contributed by atoms with Gasteiger partial charge in [0, 0.05) is 11.6 Å². The first-order valence-electron chi connectivity index (χ1n) is 9.18. The van der Waals surface area contributed by atoms with Crippen LogP contribution < -0.4 is 5.73 Å². The number of aryl methyl sites for hydroxylation is 1. The summed E-state index contributed by atoms with van der Waals surface area (Å²) >= 11 is 0. The minimum atomic E-state index is -0.545. The zero-order valence-electron chi connectivity index (χ0n) is 15.0. The second-order valence-electron chi connectivity index (χ2n) is 7.06. The van der Waals surface area contributed by atoms with Crippen LogP contribution in [0.1, 0.15) is 30.0 Å². The van der Waals surface area contributed by atoms with Gasteiger partial charge in [0.25, 0.3) is 0 Å². The molecule has 2 aromatic heterocycles. The number of phenols is 1. The molecule has 140 valence electrons. The molecule has 1 unspecified atom stereocenters. The highest BCUT2D eigenvalue weighted by molar-refractivity contribution is 5.98. The van der Waals surface area contributed by atoms with E-state index in [1.165, 1.54) is 29.6 Å². The van der Waals surface area contributed by atoms with Crippen molar-refractivity contribution in [3.05, 3.63) is 65.7 Å². The first-order chi connectivity index (χ1) is 13.6. The van der Waals surface area contributed by atoms with Gasteiger partial charge < -0.3 is 10.8 Å². The van der Waals surface area contributed by atoms with Gasteiger partial charge in [-0.1, -0.05) is 24.3 Å². The molecule has 5 rings (SSSR count). The van der Waals surface area contributed by atoms with E-state index < -0.39 is 5.82 Å². The zero-order valence-corrected chi connectivity index (χ0v) is 15.0. The number of hydrogen-bond donors (Lipinski definition) is 2. The third kappa shape index (κ3) is 2.58. The number of rotatable bonds is 2. The van der Waals surface area contributed by atoms with Gasteiger partial charge in [-0.25, -0.2) is 19.0 Å². The highest BCUT2D eigenvalue weighted by Gasteiger charge is 2.27. The van der Waals surface area contributed by atoms with Crippen molar-refractivity contribution in [1.29, 1.82) is 0 Å². The maximum atomic E-state index is 13.9. The summed E-state index contributed by atoms with van der Waals surface area (Å²) in [6.45, 7) is 0. The first-order valence-corrected chi connectivity index (χ1v) is 9.18. The molecule has 1 aliphatic rings. The lowest BCUT2D eigenvalue weighted by atomic mass is 9.88. The molecule has 0 amide bonds. The maximum Gasteiger partial charge on any atom is 0.164 e. The molecule has 2 aromatic carbocycles. The molecule has 0 aliphatic heterocycles. The Morgan fingerprint density at radius 2 is 2.00 bits per heavy atom. The van der Waals surface area contributed by atoms with Gasteiger partial charge in [-0.3, -0.25) is 0 Å². The van der Waals surface area contributed by atoms with Crippen LogP contribution in [-0.2, 0) is 6.42 Å². The van der Waals surface area contributed by atoms with E-state index in [2.05, 4.69) is 22.1 Å². The lowest BCUT2D eigenvalue weighted by Gasteiger charge is -2.26. The van der Waals surface area contributed by atoms with Gasteiger partial charge in [0.1, 0.15) is 29.4 Å². The summed E-state index contributed by atoms with van der Waals surface area (Å²) in [5.41, 5.74) is 10.2. The number of aromatic hydroxyl groups is 1. The molecule has 0 fully saturated rings. The Bertz CT molecular complexity index is 1180. The van der Waals surface area contributed by atoms with Gasteiger partial charge in [0.2, 0.25) is 0 Å². The van der Waals surface area contributed by atoms with Crippen LogP contribution in [-0.4, -0.2) is 24.9 Å². The van der Waals surface area contributed by atoms with Crippen LogP contribution in [0.15, 0.2) is 48.8 Å². The van der Waals surface area contributed by atoms with Crippen molar-refractivity contribution in [2.45, 2.75) is 25.3 Å². The van der Waals surface area contributed by atoms with Crippen molar-refractivity contribution in [1.82, 2.24) is 19.7 Å². The number of phenolic OH excluding ortho intramolecular Hbond substituents is 1. The maximum absolute atomic E-state index is 13.9. The van der Waals surface area contributed by atoms with Crippen LogP contribution in [0.3, 0.4) is 0 Å². The fourth-order valence-electron chi connectivity index (χ4n) is 4.11. The van der Waals surface area contributed by atoms with Crippen LogP contribution in [0, 0.1) is 5.82 Å². The van der Waals surface area contributed by atoms with Crippen LogP contribution >= 0.6 is 0 Å². The van der Waals surface area contributed by atoms with E-state index in [4.69, 9.17) is 10.8 Å². The van der Waals surface area contributed by atoms with Crippen molar-refractivity contribution in [2.24, 2.45) is 0 Å². The molecule has 1 aliphatic carbocycles. The largest absolute Gasteiger partial charge is 0.508 e. The average Bonchev–Trinajstić information content (AvgIpc) is 3.08. The Morgan fingerprint density at radius 3 is 2.86 bits per heavy atom. The number of aromatic nitrogens is 4. The summed E-state index contributed by atoms with van der Waals surface area (Å²) in [5.74, 6) is -0.439. The van der Waals surface area contributed by atoms with Gasteiger partial charge >= 0.3 is 0 Å². The Balaban J connectivity index is 1.77. The van der Waals surface area contributed by atoms with E-state index in [1.807, 2.05) is 16.8 Å². The standard InChI is InChI=1S/C21H18FN5O/c22-14-8-13(9-15(28)10-14)19-18-20(23)24-11-25-21(18)27(26-19)17-7-3-5-12-4-1-2-6-16(12)17/h1-2,4,6,8-11,17,28H,3,5,7H2,(H2,23,24,25). The van der Waals surface area contributed by atoms with Crippen LogP contribution in [0.25, 0.3) is 22.3 Å². The quantitative estimate of drug-likeness (QED) is 0.555. The Morgan fingerprint density at radius 1 is 1.14 bits per heavy atom. The minimum Gasteiger partial charge on any atom is -0.508 e. The average molecular weight is 375 g/mol. The van der Waals surface area contributed by atoms with Gasteiger partial charge in [0.15, 0.2) is 5.65 Å². The molecule has 3 N–H and O–H groups in total. The monoisotopic (exact) mass is 375 g/mol. The number of benzene rings is 2. The normalized spacial score (nSPS) is 16.2. The van der Waals surface area contributed by atoms with Crippen molar-refractivity contribution in [2.75, 3.05) is 5.73 Å². The summed E-state index contributed by atoms with van der Waals surface area (Å²) < 4.78 is 15.8. The highest BCUT2D eigenvalue weighted by Crippen LogP contribution is 2.38. The smallest absolute Gasteiger partial charge is 0.164 e. The molecule has 28 heavy (non-hydrogen) atoms. The number of fused-ring (bicyclic) bond motifs is 2. The van der Waals surface area contributed by atoms with E-state index in [1.54, 1.807) is 0 Å². The molecule has 0 saturated carbocycles. The SMILES string of the molecule is Nc1ncnc2c1c(-c1cc(O)cc(F)c1)nn2C1CCCc2ccccc21. The third-order valence-corrected chi connectivity index (χ3v) is 5.31. The molecule has 4 aromatic rings. The topological polar surface area (TPSA) is 89.8 Å². The Kier molecular flexibility index (Phi) is 3.75. The second-order valence-corrected chi connectivity index (χ2v) is 7.06. The number of nitrogens with zero attached hydrogens (tertiary/aromatic N) is 4. The fourth-order valence-corrected chi connectivity index (χ4v) is 4.11. The molecule has 0 bridgehead atoms. The lowest BCUT2D eigenvalue weighted by Crippen LogP contribution is -2.18. The second kappa shape index (κ2) is 6.30. The van der Waals surface area contributed by atoms with Gasteiger partial charge in [-0.15, -0.1) is 0 Å². The van der Waals surface area contributed by atoms with Crippen LogP contribution in [0.2, 0.25) is 0 Å². The van der Waals surface area contributed by atoms with Crippen LogP contribution in [0.5, 0.6) is 5.75 Å². The molecule has 6 nitrogen and oxygen atoms in total. The van der Waals surface area contributed by atoms with Gasteiger partial charge in [0.05, 0.1) is 11.4 Å². The fraction of sp³-hybridized carbons (Fsp3) is 0.190. The van der Waals surface area contributed by atoms with E-state index in [0.29, 0.717) is 22.3 Å². The zero-order chi connectivity index (χ0) is 19.3.